The van der Waals surface area contributed by atoms with E-state index in [-0.39, 0.29) is 18.0 Å². The Hall–Kier alpha value is -2.43. The van der Waals surface area contributed by atoms with Gasteiger partial charge in [0, 0.05) is 12.5 Å². The lowest BCUT2D eigenvalue weighted by Gasteiger charge is -2.07. The van der Waals surface area contributed by atoms with Crippen LogP contribution in [0.3, 0.4) is 0 Å². The summed E-state index contributed by atoms with van der Waals surface area (Å²) in [5.41, 5.74) is 0.960. The van der Waals surface area contributed by atoms with Gasteiger partial charge in [-0.15, -0.1) is 0 Å². The number of carbonyl (C=O) groups is 1. The standard InChI is InChI=1S/C16H15F2NO2/c1-21-13-6-2-11(3-7-13)4-9-16(20)19-15-8-5-12(17)10-14(15)18/h2-3,5-8,10H,4,9H2,1H3,(H,19,20). The first-order valence-corrected chi connectivity index (χ1v) is 6.46. The average molecular weight is 291 g/mol. The third kappa shape index (κ3) is 4.27. The number of halogens is 2. The average Bonchev–Trinajstić information content (AvgIpc) is 2.48. The van der Waals surface area contributed by atoms with E-state index in [4.69, 9.17) is 4.74 Å². The predicted molar refractivity (Wildman–Crippen MR) is 76.3 cm³/mol. The molecule has 0 saturated heterocycles. The Morgan fingerprint density at radius 1 is 1.14 bits per heavy atom. The minimum Gasteiger partial charge on any atom is -0.497 e. The van der Waals surface area contributed by atoms with E-state index in [1.807, 2.05) is 24.3 Å². The van der Waals surface area contributed by atoms with Gasteiger partial charge in [0.2, 0.25) is 5.91 Å². The van der Waals surface area contributed by atoms with Crippen molar-refractivity contribution in [2.24, 2.45) is 0 Å². The van der Waals surface area contributed by atoms with E-state index in [1.54, 1.807) is 7.11 Å². The monoisotopic (exact) mass is 291 g/mol. The van der Waals surface area contributed by atoms with Crippen molar-refractivity contribution in [3.8, 4) is 5.75 Å². The molecule has 5 heteroatoms. The van der Waals surface area contributed by atoms with Crippen molar-refractivity contribution in [2.75, 3.05) is 12.4 Å². The SMILES string of the molecule is COc1ccc(CCC(=O)Nc2ccc(F)cc2F)cc1. The van der Waals surface area contributed by atoms with Gasteiger partial charge in [-0.05, 0) is 36.2 Å². The van der Waals surface area contributed by atoms with Crippen LogP contribution in [0, 0.1) is 11.6 Å². The Labute approximate surface area is 121 Å². The van der Waals surface area contributed by atoms with Crippen molar-refractivity contribution in [3.05, 3.63) is 59.7 Å². The molecule has 1 N–H and O–H groups in total. The molecule has 0 fully saturated rings. The molecule has 3 nitrogen and oxygen atoms in total. The second kappa shape index (κ2) is 6.83. The number of carbonyl (C=O) groups excluding carboxylic acids is 1. The van der Waals surface area contributed by atoms with Crippen molar-refractivity contribution >= 4 is 11.6 Å². The number of aryl methyl sites for hydroxylation is 1. The van der Waals surface area contributed by atoms with E-state index >= 15 is 0 Å². The zero-order chi connectivity index (χ0) is 15.2. The minimum atomic E-state index is -0.784. The molecule has 0 aliphatic heterocycles. The number of hydrogen-bond acceptors (Lipinski definition) is 2. The molecule has 110 valence electrons. The Balaban J connectivity index is 1.89. The number of methoxy groups -OCH3 is 1. The van der Waals surface area contributed by atoms with Gasteiger partial charge in [0.25, 0.3) is 0 Å². The van der Waals surface area contributed by atoms with Gasteiger partial charge in [-0.3, -0.25) is 4.79 Å². The zero-order valence-corrected chi connectivity index (χ0v) is 11.5. The Kier molecular flexibility index (Phi) is 4.87. The molecule has 0 aromatic heterocycles. The summed E-state index contributed by atoms with van der Waals surface area (Å²) in [4.78, 5) is 11.7. The van der Waals surface area contributed by atoms with Crippen LogP contribution in [0.15, 0.2) is 42.5 Å². The van der Waals surface area contributed by atoms with Crippen molar-refractivity contribution in [1.29, 1.82) is 0 Å². The maximum Gasteiger partial charge on any atom is 0.224 e. The van der Waals surface area contributed by atoms with Crippen LogP contribution in [0.4, 0.5) is 14.5 Å². The van der Waals surface area contributed by atoms with Crippen molar-refractivity contribution in [1.82, 2.24) is 0 Å². The molecule has 0 radical (unpaired) electrons. The molecule has 0 unspecified atom stereocenters. The van der Waals surface area contributed by atoms with Crippen LogP contribution >= 0.6 is 0 Å². The Morgan fingerprint density at radius 2 is 1.86 bits per heavy atom. The third-order valence-electron chi connectivity index (χ3n) is 3.01. The molecule has 1 amide bonds. The molecular weight excluding hydrogens is 276 g/mol. The van der Waals surface area contributed by atoms with Gasteiger partial charge in [0.15, 0.2) is 0 Å². The summed E-state index contributed by atoms with van der Waals surface area (Å²) in [6, 6.07) is 10.4. The highest BCUT2D eigenvalue weighted by atomic mass is 19.1. The maximum atomic E-state index is 13.4. The second-order valence-corrected chi connectivity index (χ2v) is 4.52. The van der Waals surface area contributed by atoms with Crippen LogP contribution in [-0.2, 0) is 11.2 Å². The van der Waals surface area contributed by atoms with Gasteiger partial charge in [0.1, 0.15) is 17.4 Å². The number of nitrogens with one attached hydrogen (secondary N) is 1. The molecule has 2 aromatic carbocycles. The summed E-state index contributed by atoms with van der Waals surface area (Å²) in [6.07, 6.45) is 0.738. The summed E-state index contributed by atoms with van der Waals surface area (Å²) >= 11 is 0. The van der Waals surface area contributed by atoms with E-state index in [0.717, 1.165) is 23.4 Å². The zero-order valence-electron chi connectivity index (χ0n) is 11.5. The summed E-state index contributed by atoms with van der Waals surface area (Å²) in [7, 11) is 1.58. The Bertz CT molecular complexity index is 627. The molecule has 0 saturated carbocycles. The molecule has 0 heterocycles. The van der Waals surface area contributed by atoms with E-state index < -0.39 is 11.6 Å². The molecule has 0 aliphatic carbocycles. The van der Waals surface area contributed by atoms with Gasteiger partial charge in [-0.2, -0.15) is 0 Å². The molecule has 0 atom stereocenters. The lowest BCUT2D eigenvalue weighted by Crippen LogP contribution is -2.13. The number of amides is 1. The highest BCUT2D eigenvalue weighted by Gasteiger charge is 2.08. The first-order chi connectivity index (χ1) is 10.1. The fourth-order valence-electron chi connectivity index (χ4n) is 1.85. The van der Waals surface area contributed by atoms with Crippen LogP contribution in [0.1, 0.15) is 12.0 Å². The first-order valence-electron chi connectivity index (χ1n) is 6.46. The molecule has 0 spiro atoms. The molecule has 0 bridgehead atoms. The number of hydrogen-bond donors (Lipinski definition) is 1. The van der Waals surface area contributed by atoms with E-state index in [2.05, 4.69) is 5.32 Å². The normalized spacial score (nSPS) is 10.2. The number of anilines is 1. The number of benzene rings is 2. The molecule has 21 heavy (non-hydrogen) atoms. The van der Waals surface area contributed by atoms with Gasteiger partial charge in [-0.25, -0.2) is 8.78 Å². The van der Waals surface area contributed by atoms with Crippen molar-refractivity contribution in [3.63, 3.8) is 0 Å². The van der Waals surface area contributed by atoms with Crippen LogP contribution in [0.5, 0.6) is 5.75 Å². The van der Waals surface area contributed by atoms with E-state index in [9.17, 15) is 13.6 Å². The first kappa shape index (κ1) is 15.0. The highest BCUT2D eigenvalue weighted by Crippen LogP contribution is 2.16. The largest absolute Gasteiger partial charge is 0.497 e. The van der Waals surface area contributed by atoms with Crippen LogP contribution < -0.4 is 10.1 Å². The summed E-state index contributed by atoms with van der Waals surface area (Å²) in [5, 5.41) is 2.42. The fraction of sp³-hybridized carbons (Fsp3) is 0.188. The number of rotatable bonds is 5. The summed E-state index contributed by atoms with van der Waals surface area (Å²) < 4.78 is 31.2. The third-order valence-corrected chi connectivity index (χ3v) is 3.01. The summed E-state index contributed by atoms with van der Waals surface area (Å²) in [5.74, 6) is -1.04. The van der Waals surface area contributed by atoms with Crippen molar-refractivity contribution in [2.45, 2.75) is 12.8 Å². The smallest absolute Gasteiger partial charge is 0.224 e. The molecular formula is C16H15F2NO2. The topological polar surface area (TPSA) is 38.3 Å². The summed E-state index contributed by atoms with van der Waals surface area (Å²) in [6.45, 7) is 0. The van der Waals surface area contributed by atoms with Crippen LogP contribution in [0.2, 0.25) is 0 Å². The van der Waals surface area contributed by atoms with Gasteiger partial charge in [-0.1, -0.05) is 12.1 Å². The lowest BCUT2D eigenvalue weighted by atomic mass is 10.1. The van der Waals surface area contributed by atoms with Gasteiger partial charge >= 0.3 is 0 Å². The second-order valence-electron chi connectivity index (χ2n) is 4.52. The lowest BCUT2D eigenvalue weighted by molar-refractivity contribution is -0.116. The van der Waals surface area contributed by atoms with Crippen molar-refractivity contribution < 1.29 is 18.3 Å². The van der Waals surface area contributed by atoms with Gasteiger partial charge in [0.05, 0.1) is 12.8 Å². The maximum absolute atomic E-state index is 13.4. The van der Waals surface area contributed by atoms with Crippen LogP contribution in [-0.4, -0.2) is 13.0 Å². The fourth-order valence-corrected chi connectivity index (χ4v) is 1.85. The Morgan fingerprint density at radius 3 is 2.48 bits per heavy atom. The quantitative estimate of drug-likeness (QED) is 0.915. The predicted octanol–water partition coefficient (Wildman–Crippen LogP) is 3.54. The minimum absolute atomic E-state index is 0.0175. The number of ether oxygens (including phenoxy) is 1. The van der Waals surface area contributed by atoms with E-state index in [1.165, 1.54) is 6.07 Å². The molecule has 2 rings (SSSR count). The van der Waals surface area contributed by atoms with Gasteiger partial charge < -0.3 is 10.1 Å². The highest BCUT2D eigenvalue weighted by molar-refractivity contribution is 5.90. The van der Waals surface area contributed by atoms with Crippen LogP contribution in [0.25, 0.3) is 0 Å². The molecule has 0 aliphatic rings. The molecule has 2 aromatic rings. The van der Waals surface area contributed by atoms with E-state index in [0.29, 0.717) is 6.42 Å².